The molecule has 0 aliphatic heterocycles. The average molecular weight is 131 g/mol. The number of aryl methyl sites for hydroxylation is 1. The summed E-state index contributed by atoms with van der Waals surface area (Å²) in [5.41, 5.74) is 2.73. The highest BCUT2D eigenvalue weighted by Crippen LogP contribution is 1.92. The van der Waals surface area contributed by atoms with Gasteiger partial charge in [0.05, 0.1) is 0 Å². The van der Waals surface area contributed by atoms with Crippen LogP contribution in [0.15, 0.2) is 24.3 Å². The molecule has 0 amide bonds. The van der Waals surface area contributed by atoms with Gasteiger partial charge in [-0.3, -0.25) is 0 Å². The van der Waals surface area contributed by atoms with Crippen LogP contribution in [0, 0.1) is 6.92 Å². The second-order valence-corrected chi connectivity index (χ2v) is 2.47. The molecule has 0 aromatic heterocycles. The van der Waals surface area contributed by atoms with E-state index < -0.39 is 0 Å². The van der Waals surface area contributed by atoms with Gasteiger partial charge >= 0.3 is 0 Å². The van der Waals surface area contributed by atoms with Crippen molar-refractivity contribution in [3.8, 4) is 0 Å². The molecular formula is C9H12B. The fourth-order valence-corrected chi connectivity index (χ4v) is 1.04. The van der Waals surface area contributed by atoms with Gasteiger partial charge in [0.2, 0.25) is 0 Å². The molecule has 1 rings (SSSR count). The molecule has 0 heterocycles. The molecule has 0 bridgehead atoms. The largest absolute Gasteiger partial charge is 0.151 e. The average Bonchev–Trinajstić information content (AvgIpc) is 1.94. The van der Waals surface area contributed by atoms with Crippen LogP contribution in [0.5, 0.6) is 0 Å². The molecule has 1 aromatic carbocycles. The molecule has 0 aliphatic rings. The summed E-state index contributed by atoms with van der Waals surface area (Å²) in [6.07, 6.45) is 1.12. The fourth-order valence-electron chi connectivity index (χ4n) is 1.04. The van der Waals surface area contributed by atoms with Crippen LogP contribution in [0.1, 0.15) is 12.5 Å². The van der Waals surface area contributed by atoms with Gasteiger partial charge in [0.25, 0.3) is 0 Å². The summed E-state index contributed by atoms with van der Waals surface area (Å²) in [5, 5.41) is 0. The molecule has 0 aliphatic carbocycles. The monoisotopic (exact) mass is 131 g/mol. The highest BCUT2D eigenvalue weighted by molar-refractivity contribution is 6.53. The molecule has 0 saturated heterocycles. The first-order valence-electron chi connectivity index (χ1n) is 3.73. The Labute approximate surface area is 63.5 Å². The molecule has 1 heteroatoms. The van der Waals surface area contributed by atoms with Crippen molar-refractivity contribution in [2.24, 2.45) is 0 Å². The van der Waals surface area contributed by atoms with Gasteiger partial charge in [0.1, 0.15) is 0 Å². The third-order valence-corrected chi connectivity index (χ3v) is 1.61. The highest BCUT2D eigenvalue weighted by Gasteiger charge is 1.94. The van der Waals surface area contributed by atoms with Crippen molar-refractivity contribution in [3.63, 3.8) is 0 Å². The molecule has 0 N–H and O–H groups in total. The summed E-state index contributed by atoms with van der Waals surface area (Å²) < 4.78 is 0. The van der Waals surface area contributed by atoms with Crippen molar-refractivity contribution in [2.75, 3.05) is 0 Å². The highest BCUT2D eigenvalue weighted by atomic mass is 13.9. The van der Waals surface area contributed by atoms with Crippen molar-refractivity contribution < 1.29 is 0 Å². The van der Waals surface area contributed by atoms with E-state index in [-0.39, 0.29) is 0 Å². The van der Waals surface area contributed by atoms with E-state index in [1.165, 1.54) is 11.0 Å². The summed E-state index contributed by atoms with van der Waals surface area (Å²) in [7, 11) is 2.25. The third kappa shape index (κ3) is 1.63. The molecule has 0 saturated carbocycles. The lowest BCUT2D eigenvalue weighted by atomic mass is 9.66. The van der Waals surface area contributed by atoms with Crippen LogP contribution < -0.4 is 5.46 Å². The molecule has 0 atom stereocenters. The first kappa shape index (κ1) is 7.39. The SMILES string of the molecule is CC[B]c1ccccc1C. The minimum Gasteiger partial charge on any atom is -0.0850 e. The van der Waals surface area contributed by atoms with Crippen LogP contribution in [0.25, 0.3) is 0 Å². The lowest BCUT2D eigenvalue weighted by Crippen LogP contribution is -2.15. The zero-order valence-corrected chi connectivity index (χ0v) is 6.59. The second-order valence-electron chi connectivity index (χ2n) is 2.47. The van der Waals surface area contributed by atoms with Gasteiger partial charge in [-0.25, -0.2) is 0 Å². The summed E-state index contributed by atoms with van der Waals surface area (Å²) >= 11 is 0. The van der Waals surface area contributed by atoms with E-state index in [0.717, 1.165) is 6.32 Å². The molecular weight excluding hydrogens is 119 g/mol. The van der Waals surface area contributed by atoms with E-state index in [9.17, 15) is 0 Å². The van der Waals surface area contributed by atoms with Crippen LogP contribution >= 0.6 is 0 Å². The van der Waals surface area contributed by atoms with Crippen LogP contribution in [-0.4, -0.2) is 7.28 Å². The van der Waals surface area contributed by atoms with Crippen molar-refractivity contribution in [1.82, 2.24) is 0 Å². The Kier molecular flexibility index (Phi) is 2.55. The normalized spacial score (nSPS) is 9.40. The first-order chi connectivity index (χ1) is 4.84. The van der Waals surface area contributed by atoms with E-state index in [1.54, 1.807) is 0 Å². The van der Waals surface area contributed by atoms with Crippen LogP contribution in [-0.2, 0) is 0 Å². The van der Waals surface area contributed by atoms with Crippen LogP contribution in [0.2, 0.25) is 6.32 Å². The Hall–Kier alpha value is -0.715. The number of hydrogen-bond acceptors (Lipinski definition) is 0. The van der Waals surface area contributed by atoms with Gasteiger partial charge in [-0.15, -0.1) is 0 Å². The van der Waals surface area contributed by atoms with Gasteiger partial charge < -0.3 is 0 Å². The van der Waals surface area contributed by atoms with Gasteiger partial charge in [-0.05, 0) is 6.92 Å². The quantitative estimate of drug-likeness (QED) is 0.536. The summed E-state index contributed by atoms with van der Waals surface area (Å²) in [6.45, 7) is 4.30. The minimum atomic E-state index is 1.12. The molecule has 10 heavy (non-hydrogen) atoms. The summed E-state index contributed by atoms with van der Waals surface area (Å²) in [6, 6.07) is 8.44. The lowest BCUT2D eigenvalue weighted by molar-refractivity contribution is 1.44. The molecule has 1 radical (unpaired) electrons. The molecule has 0 fully saturated rings. The fraction of sp³-hybridized carbons (Fsp3) is 0.333. The molecule has 0 nitrogen and oxygen atoms in total. The predicted molar refractivity (Wildman–Crippen MR) is 47.0 cm³/mol. The topological polar surface area (TPSA) is 0 Å². The minimum absolute atomic E-state index is 1.12. The zero-order chi connectivity index (χ0) is 7.40. The third-order valence-electron chi connectivity index (χ3n) is 1.61. The van der Waals surface area contributed by atoms with Crippen LogP contribution in [0.3, 0.4) is 0 Å². The maximum atomic E-state index is 2.25. The van der Waals surface area contributed by atoms with Gasteiger partial charge in [0, 0.05) is 0 Å². The summed E-state index contributed by atoms with van der Waals surface area (Å²) in [5.74, 6) is 0. The maximum absolute atomic E-state index is 2.25. The molecule has 1 aromatic rings. The lowest BCUT2D eigenvalue weighted by Gasteiger charge is -2.00. The maximum Gasteiger partial charge on any atom is 0.151 e. The second kappa shape index (κ2) is 3.45. The molecule has 51 valence electrons. The molecule has 0 spiro atoms. The first-order valence-corrected chi connectivity index (χ1v) is 3.73. The molecule has 0 unspecified atom stereocenters. The van der Waals surface area contributed by atoms with Crippen molar-refractivity contribution in [3.05, 3.63) is 29.8 Å². The van der Waals surface area contributed by atoms with Crippen molar-refractivity contribution in [2.45, 2.75) is 20.2 Å². The standard InChI is InChI=1S/C9H12B/c1-3-10-9-7-5-4-6-8(9)2/h4-7H,3H2,1-2H3. The number of rotatable bonds is 2. The smallest absolute Gasteiger partial charge is 0.0850 e. The Morgan fingerprint density at radius 2 is 2.00 bits per heavy atom. The van der Waals surface area contributed by atoms with Crippen molar-refractivity contribution >= 4 is 12.7 Å². The van der Waals surface area contributed by atoms with E-state index >= 15 is 0 Å². The van der Waals surface area contributed by atoms with Gasteiger partial charge in [-0.1, -0.05) is 48.5 Å². The van der Waals surface area contributed by atoms with E-state index in [0.29, 0.717) is 0 Å². The van der Waals surface area contributed by atoms with E-state index in [2.05, 4.69) is 45.4 Å². The predicted octanol–water partition coefficient (Wildman–Crippen LogP) is 1.76. The van der Waals surface area contributed by atoms with Crippen LogP contribution in [0.4, 0.5) is 0 Å². The Balaban J connectivity index is 2.81. The van der Waals surface area contributed by atoms with E-state index in [4.69, 9.17) is 0 Å². The summed E-state index contributed by atoms with van der Waals surface area (Å²) in [4.78, 5) is 0. The zero-order valence-electron chi connectivity index (χ0n) is 6.59. The number of hydrogen-bond donors (Lipinski definition) is 0. The van der Waals surface area contributed by atoms with Gasteiger partial charge in [-0.2, -0.15) is 0 Å². The van der Waals surface area contributed by atoms with Crippen molar-refractivity contribution in [1.29, 1.82) is 0 Å². The number of benzene rings is 1. The Morgan fingerprint density at radius 1 is 1.30 bits per heavy atom. The van der Waals surface area contributed by atoms with E-state index in [1.807, 2.05) is 0 Å². The van der Waals surface area contributed by atoms with Gasteiger partial charge in [0.15, 0.2) is 7.28 Å². The Bertz CT molecular complexity index is 206. The Morgan fingerprint density at radius 3 is 2.60 bits per heavy atom.